The summed E-state index contributed by atoms with van der Waals surface area (Å²) in [7, 11) is 0. The quantitative estimate of drug-likeness (QED) is 0.587. The van der Waals surface area contributed by atoms with Crippen molar-refractivity contribution >= 4 is 23.6 Å². The number of anilines is 2. The molecule has 168 valence electrons. The molecule has 0 aliphatic rings. The van der Waals surface area contributed by atoms with Crippen LogP contribution in [0.3, 0.4) is 0 Å². The lowest BCUT2D eigenvalue weighted by Crippen LogP contribution is -2.27. The van der Waals surface area contributed by atoms with Gasteiger partial charge in [0.05, 0.1) is 0 Å². The third-order valence-electron chi connectivity index (χ3n) is 4.15. The van der Waals surface area contributed by atoms with E-state index in [-0.39, 0.29) is 5.92 Å². The van der Waals surface area contributed by atoms with Gasteiger partial charge in [0.25, 0.3) is 0 Å². The van der Waals surface area contributed by atoms with Crippen molar-refractivity contribution in [2.45, 2.75) is 58.7 Å². The highest BCUT2D eigenvalue weighted by Gasteiger charge is 2.18. The molecule has 0 spiro atoms. The zero-order valence-corrected chi connectivity index (χ0v) is 19.1. The van der Waals surface area contributed by atoms with Gasteiger partial charge in [0.15, 0.2) is 0 Å². The van der Waals surface area contributed by atoms with Gasteiger partial charge in [-0.3, -0.25) is 10.6 Å². The Morgan fingerprint density at radius 1 is 0.742 bits per heavy atom. The lowest BCUT2D eigenvalue weighted by atomic mass is 9.91. The maximum absolute atomic E-state index is 11.9. The van der Waals surface area contributed by atoms with E-state index < -0.39 is 23.4 Å². The van der Waals surface area contributed by atoms with Crippen molar-refractivity contribution in [2.75, 3.05) is 17.2 Å². The number of benzene rings is 2. The van der Waals surface area contributed by atoms with Gasteiger partial charge in [0.2, 0.25) is 0 Å². The summed E-state index contributed by atoms with van der Waals surface area (Å²) in [5.74, 6) is -0.0221. The first-order valence-electron chi connectivity index (χ1n) is 10.3. The number of amides is 2. The molecular formula is C24H33N3O4. The van der Waals surface area contributed by atoms with Crippen LogP contribution < -0.4 is 16.4 Å². The van der Waals surface area contributed by atoms with Crippen LogP contribution in [0, 0.1) is 0 Å². The molecule has 0 saturated carbocycles. The van der Waals surface area contributed by atoms with E-state index in [1.54, 1.807) is 0 Å². The molecule has 7 nitrogen and oxygen atoms in total. The smallest absolute Gasteiger partial charge is 0.412 e. The minimum Gasteiger partial charge on any atom is -0.444 e. The normalized spacial score (nSPS) is 11.7. The van der Waals surface area contributed by atoms with Gasteiger partial charge >= 0.3 is 12.2 Å². The van der Waals surface area contributed by atoms with Crippen molar-refractivity contribution in [2.24, 2.45) is 5.73 Å². The Morgan fingerprint density at radius 2 is 1.06 bits per heavy atom. The fraction of sp³-hybridized carbons (Fsp3) is 0.417. The summed E-state index contributed by atoms with van der Waals surface area (Å²) < 4.78 is 10.5. The average molecular weight is 428 g/mol. The Balaban J connectivity index is 2.05. The molecule has 0 bridgehead atoms. The molecule has 0 aromatic heterocycles. The van der Waals surface area contributed by atoms with Crippen molar-refractivity contribution in [3.05, 3.63) is 59.7 Å². The monoisotopic (exact) mass is 427 g/mol. The van der Waals surface area contributed by atoms with Gasteiger partial charge < -0.3 is 15.2 Å². The van der Waals surface area contributed by atoms with E-state index in [0.29, 0.717) is 17.9 Å². The second-order valence-corrected chi connectivity index (χ2v) is 9.29. The Morgan fingerprint density at radius 3 is 1.32 bits per heavy atom. The van der Waals surface area contributed by atoms with E-state index in [1.165, 1.54) is 0 Å². The molecule has 0 saturated heterocycles. The summed E-state index contributed by atoms with van der Waals surface area (Å²) in [6.45, 7) is 11.3. The molecule has 0 heterocycles. The number of hydrogen-bond acceptors (Lipinski definition) is 5. The summed E-state index contributed by atoms with van der Waals surface area (Å²) >= 11 is 0. The molecule has 0 atom stereocenters. The van der Waals surface area contributed by atoms with Gasteiger partial charge in [-0.05, 0) is 76.9 Å². The number of rotatable bonds is 5. The number of nitrogens with one attached hydrogen (secondary N) is 2. The van der Waals surface area contributed by atoms with Gasteiger partial charge in [0.1, 0.15) is 11.2 Å². The van der Waals surface area contributed by atoms with E-state index in [2.05, 4.69) is 10.6 Å². The van der Waals surface area contributed by atoms with Crippen LogP contribution in [-0.2, 0) is 9.47 Å². The molecular weight excluding hydrogens is 394 g/mol. The lowest BCUT2D eigenvalue weighted by Gasteiger charge is -2.20. The first-order valence-corrected chi connectivity index (χ1v) is 10.3. The third kappa shape index (κ3) is 8.30. The molecule has 2 amide bonds. The highest BCUT2D eigenvalue weighted by Crippen LogP contribution is 2.26. The fourth-order valence-electron chi connectivity index (χ4n) is 2.91. The molecule has 0 unspecified atom stereocenters. The molecule has 7 heteroatoms. The molecule has 0 aliphatic heterocycles. The van der Waals surface area contributed by atoms with Gasteiger partial charge in [0, 0.05) is 23.8 Å². The highest BCUT2D eigenvalue weighted by atomic mass is 16.6. The predicted molar refractivity (Wildman–Crippen MR) is 123 cm³/mol. The number of ether oxygens (including phenoxy) is 2. The van der Waals surface area contributed by atoms with Crippen LogP contribution in [0.5, 0.6) is 0 Å². The van der Waals surface area contributed by atoms with Gasteiger partial charge in [-0.15, -0.1) is 0 Å². The number of carbonyl (C=O) groups is 2. The van der Waals surface area contributed by atoms with Crippen LogP contribution in [-0.4, -0.2) is 29.9 Å². The highest BCUT2D eigenvalue weighted by molar-refractivity contribution is 5.85. The summed E-state index contributed by atoms with van der Waals surface area (Å²) in [5, 5.41) is 5.44. The van der Waals surface area contributed by atoms with Crippen molar-refractivity contribution in [1.82, 2.24) is 0 Å². The zero-order chi connectivity index (χ0) is 23.2. The maximum atomic E-state index is 11.9. The van der Waals surface area contributed by atoms with Gasteiger partial charge in [-0.2, -0.15) is 0 Å². The number of carbonyl (C=O) groups excluding carboxylic acids is 2. The van der Waals surface area contributed by atoms with Crippen LogP contribution in [0.2, 0.25) is 0 Å². The first kappa shape index (κ1) is 24.2. The van der Waals surface area contributed by atoms with Crippen molar-refractivity contribution < 1.29 is 19.1 Å². The van der Waals surface area contributed by atoms with Crippen LogP contribution in [0.25, 0.3) is 0 Å². The summed E-state index contributed by atoms with van der Waals surface area (Å²) in [6, 6.07) is 15.0. The average Bonchev–Trinajstić information content (AvgIpc) is 2.62. The minimum absolute atomic E-state index is 0.0221. The van der Waals surface area contributed by atoms with Crippen LogP contribution in [0.4, 0.5) is 21.0 Å². The van der Waals surface area contributed by atoms with Crippen molar-refractivity contribution in [3.8, 4) is 0 Å². The second kappa shape index (κ2) is 9.83. The molecule has 0 radical (unpaired) electrons. The molecule has 2 aromatic rings. The van der Waals surface area contributed by atoms with E-state index >= 15 is 0 Å². The zero-order valence-electron chi connectivity index (χ0n) is 19.1. The molecule has 2 aromatic carbocycles. The SMILES string of the molecule is CC(C)(C)OC(=O)Nc1ccc(C(CN)c2ccc(NC(=O)OC(C)(C)C)cc2)cc1. The van der Waals surface area contributed by atoms with E-state index in [9.17, 15) is 9.59 Å². The molecule has 31 heavy (non-hydrogen) atoms. The maximum Gasteiger partial charge on any atom is 0.412 e. The predicted octanol–water partition coefficient (Wildman–Crippen LogP) is 5.47. The first-order chi connectivity index (χ1) is 14.4. The number of nitrogens with two attached hydrogens (primary N) is 1. The Labute approximate surface area is 184 Å². The Hall–Kier alpha value is -3.06. The largest absolute Gasteiger partial charge is 0.444 e. The second-order valence-electron chi connectivity index (χ2n) is 9.29. The van der Waals surface area contributed by atoms with Crippen molar-refractivity contribution in [1.29, 1.82) is 0 Å². The lowest BCUT2D eigenvalue weighted by molar-refractivity contribution is 0.0624. The fourth-order valence-corrected chi connectivity index (χ4v) is 2.91. The molecule has 2 rings (SSSR count). The third-order valence-corrected chi connectivity index (χ3v) is 4.15. The van der Waals surface area contributed by atoms with Crippen molar-refractivity contribution in [3.63, 3.8) is 0 Å². The Bertz CT molecular complexity index is 806. The molecule has 0 fully saturated rings. The molecule has 0 aliphatic carbocycles. The van der Waals surface area contributed by atoms with E-state index in [1.807, 2.05) is 90.1 Å². The van der Waals surface area contributed by atoms with Crippen LogP contribution in [0.1, 0.15) is 58.6 Å². The van der Waals surface area contributed by atoms with E-state index in [0.717, 1.165) is 11.1 Å². The standard InChI is InChI=1S/C24H33N3O4/c1-23(2,3)30-21(28)26-18-11-7-16(8-12-18)20(15-25)17-9-13-19(14-10-17)27-22(29)31-24(4,5)6/h7-14,20H,15,25H2,1-6H3,(H,26,28)(H,27,29). The summed E-state index contributed by atoms with van der Waals surface area (Å²) in [6.07, 6.45) is -0.993. The van der Waals surface area contributed by atoms with Crippen LogP contribution >= 0.6 is 0 Å². The van der Waals surface area contributed by atoms with Gasteiger partial charge in [-0.1, -0.05) is 24.3 Å². The minimum atomic E-state index is -0.556. The topological polar surface area (TPSA) is 103 Å². The van der Waals surface area contributed by atoms with E-state index in [4.69, 9.17) is 15.2 Å². The summed E-state index contributed by atoms with van der Waals surface area (Å²) in [4.78, 5) is 23.8. The van der Waals surface area contributed by atoms with Crippen LogP contribution in [0.15, 0.2) is 48.5 Å². The Kier molecular flexibility index (Phi) is 7.68. The van der Waals surface area contributed by atoms with Gasteiger partial charge in [-0.25, -0.2) is 9.59 Å². The number of hydrogen-bond donors (Lipinski definition) is 3. The molecule has 4 N–H and O–H groups in total. The summed E-state index contributed by atoms with van der Waals surface area (Å²) in [5.41, 5.74) is 8.25.